The second kappa shape index (κ2) is 4.84. The summed E-state index contributed by atoms with van der Waals surface area (Å²) in [6.45, 7) is 6.25. The van der Waals surface area contributed by atoms with Gasteiger partial charge in [-0.05, 0) is 24.5 Å². The highest BCUT2D eigenvalue weighted by Crippen LogP contribution is 2.23. The molecule has 0 radical (unpaired) electrons. The first-order valence-corrected chi connectivity index (χ1v) is 6.06. The fourth-order valence-corrected chi connectivity index (χ4v) is 1.87. The lowest BCUT2D eigenvalue weighted by Crippen LogP contribution is -1.98. The van der Waals surface area contributed by atoms with Gasteiger partial charge in [0.15, 0.2) is 5.82 Å². The Labute approximate surface area is 107 Å². The minimum Gasteiger partial charge on any atom is -0.233 e. The zero-order valence-electron chi connectivity index (χ0n) is 10.2. The molecule has 17 heavy (non-hydrogen) atoms. The van der Waals surface area contributed by atoms with E-state index in [0.29, 0.717) is 16.9 Å². The van der Waals surface area contributed by atoms with Crippen molar-refractivity contribution in [3.05, 3.63) is 46.7 Å². The van der Waals surface area contributed by atoms with Gasteiger partial charge in [0.1, 0.15) is 5.15 Å². The van der Waals surface area contributed by atoms with E-state index >= 15 is 0 Å². The van der Waals surface area contributed by atoms with E-state index in [9.17, 15) is 0 Å². The molecule has 0 aliphatic carbocycles. The maximum Gasteiger partial charge on any atom is 0.161 e. The lowest BCUT2D eigenvalue weighted by atomic mass is 10.1. The van der Waals surface area contributed by atoms with Crippen LogP contribution in [0.3, 0.4) is 0 Å². The maximum absolute atomic E-state index is 6.05. The number of rotatable bonds is 2. The first-order chi connectivity index (χ1) is 8.08. The molecule has 0 N–H and O–H groups in total. The minimum atomic E-state index is 0.346. The Morgan fingerprint density at radius 3 is 2.47 bits per heavy atom. The number of hydrogen-bond donors (Lipinski definition) is 0. The summed E-state index contributed by atoms with van der Waals surface area (Å²) in [5.41, 5.74) is 3.17. The number of nitrogens with zero attached hydrogens (tertiary/aromatic N) is 2. The van der Waals surface area contributed by atoms with Crippen LogP contribution in [0.4, 0.5) is 0 Å². The zero-order valence-corrected chi connectivity index (χ0v) is 11.0. The molecule has 0 saturated heterocycles. The summed E-state index contributed by atoms with van der Waals surface area (Å²) in [5, 5.41) is 0.502. The van der Waals surface area contributed by atoms with Crippen LogP contribution >= 0.6 is 11.6 Å². The summed E-state index contributed by atoms with van der Waals surface area (Å²) in [6, 6.07) is 9.89. The molecule has 0 atom stereocenters. The molecular weight excluding hydrogens is 232 g/mol. The minimum absolute atomic E-state index is 0.346. The molecule has 2 aromatic rings. The number of halogens is 1. The summed E-state index contributed by atoms with van der Waals surface area (Å²) in [6.07, 6.45) is 0. The molecule has 3 heteroatoms. The van der Waals surface area contributed by atoms with Crippen molar-refractivity contribution in [2.75, 3.05) is 0 Å². The molecule has 0 spiro atoms. The molecule has 0 aliphatic rings. The largest absolute Gasteiger partial charge is 0.233 e. The second-order valence-corrected chi connectivity index (χ2v) is 4.80. The van der Waals surface area contributed by atoms with Crippen molar-refractivity contribution in [2.45, 2.75) is 26.7 Å². The van der Waals surface area contributed by atoms with Gasteiger partial charge in [-0.3, -0.25) is 0 Å². The van der Waals surface area contributed by atoms with Crippen LogP contribution in [-0.2, 0) is 0 Å². The molecule has 0 saturated carbocycles. The van der Waals surface area contributed by atoms with Crippen LogP contribution < -0.4 is 0 Å². The molecule has 1 heterocycles. The standard InChI is InChI=1S/C14H15ClN2/c1-9(2)12-8-13(15)17-14(16-12)11-7-5-4-6-10(11)3/h4-9H,1-3H3. The van der Waals surface area contributed by atoms with E-state index in [2.05, 4.69) is 36.8 Å². The average molecular weight is 247 g/mol. The molecule has 2 nitrogen and oxygen atoms in total. The van der Waals surface area contributed by atoms with E-state index in [1.807, 2.05) is 24.3 Å². The Morgan fingerprint density at radius 1 is 1.12 bits per heavy atom. The van der Waals surface area contributed by atoms with Crippen molar-refractivity contribution < 1.29 is 0 Å². The van der Waals surface area contributed by atoms with Crippen LogP contribution in [0.1, 0.15) is 31.0 Å². The zero-order chi connectivity index (χ0) is 12.4. The van der Waals surface area contributed by atoms with Crippen LogP contribution in [0.25, 0.3) is 11.4 Å². The van der Waals surface area contributed by atoms with Crippen molar-refractivity contribution in [1.29, 1.82) is 0 Å². The Balaban J connectivity index is 2.56. The summed E-state index contributed by atoms with van der Waals surface area (Å²) in [5.74, 6) is 1.05. The Morgan fingerprint density at radius 2 is 1.82 bits per heavy atom. The predicted octanol–water partition coefficient (Wildman–Crippen LogP) is 4.23. The van der Waals surface area contributed by atoms with Crippen molar-refractivity contribution in [1.82, 2.24) is 9.97 Å². The van der Waals surface area contributed by atoms with Crippen molar-refractivity contribution in [2.24, 2.45) is 0 Å². The molecular formula is C14H15ClN2. The molecule has 88 valence electrons. The molecule has 2 rings (SSSR count). The van der Waals surface area contributed by atoms with Gasteiger partial charge in [-0.1, -0.05) is 49.7 Å². The van der Waals surface area contributed by atoms with Crippen LogP contribution in [0.5, 0.6) is 0 Å². The Hall–Kier alpha value is -1.41. The third-order valence-corrected chi connectivity index (χ3v) is 2.89. The van der Waals surface area contributed by atoms with Gasteiger partial charge in [-0.15, -0.1) is 0 Å². The van der Waals surface area contributed by atoms with Crippen LogP contribution in [0, 0.1) is 6.92 Å². The van der Waals surface area contributed by atoms with E-state index in [1.165, 1.54) is 0 Å². The summed E-state index contributed by atoms with van der Waals surface area (Å²) in [7, 11) is 0. The van der Waals surface area contributed by atoms with Gasteiger partial charge in [0, 0.05) is 11.3 Å². The number of aromatic nitrogens is 2. The van der Waals surface area contributed by atoms with E-state index < -0.39 is 0 Å². The van der Waals surface area contributed by atoms with Gasteiger partial charge in [0.05, 0.1) is 0 Å². The monoisotopic (exact) mass is 246 g/mol. The first kappa shape index (κ1) is 12.1. The van der Waals surface area contributed by atoms with Crippen LogP contribution in [-0.4, -0.2) is 9.97 Å². The predicted molar refractivity (Wildman–Crippen MR) is 71.3 cm³/mol. The fraction of sp³-hybridized carbons (Fsp3) is 0.286. The Bertz CT molecular complexity index is 535. The quantitative estimate of drug-likeness (QED) is 0.741. The van der Waals surface area contributed by atoms with E-state index in [-0.39, 0.29) is 0 Å². The number of benzene rings is 1. The summed E-state index contributed by atoms with van der Waals surface area (Å²) >= 11 is 6.05. The van der Waals surface area contributed by atoms with Crippen molar-refractivity contribution in [3.8, 4) is 11.4 Å². The highest BCUT2D eigenvalue weighted by atomic mass is 35.5. The van der Waals surface area contributed by atoms with Gasteiger partial charge in [-0.25, -0.2) is 9.97 Å². The Kier molecular flexibility index (Phi) is 3.43. The molecule has 1 aromatic carbocycles. The lowest BCUT2D eigenvalue weighted by Gasteiger charge is -2.09. The van der Waals surface area contributed by atoms with Gasteiger partial charge in [-0.2, -0.15) is 0 Å². The normalized spacial score (nSPS) is 10.9. The summed E-state index contributed by atoms with van der Waals surface area (Å²) < 4.78 is 0. The third-order valence-electron chi connectivity index (χ3n) is 2.69. The van der Waals surface area contributed by atoms with Gasteiger partial charge in [0.25, 0.3) is 0 Å². The topological polar surface area (TPSA) is 25.8 Å². The van der Waals surface area contributed by atoms with Crippen LogP contribution in [0.2, 0.25) is 5.15 Å². The number of aryl methyl sites for hydroxylation is 1. The second-order valence-electron chi connectivity index (χ2n) is 4.41. The fourth-order valence-electron chi connectivity index (χ4n) is 1.68. The van der Waals surface area contributed by atoms with Gasteiger partial charge < -0.3 is 0 Å². The third kappa shape index (κ3) is 2.64. The van der Waals surface area contributed by atoms with Crippen molar-refractivity contribution in [3.63, 3.8) is 0 Å². The molecule has 0 bridgehead atoms. The average Bonchev–Trinajstić information content (AvgIpc) is 2.28. The highest BCUT2D eigenvalue weighted by molar-refractivity contribution is 6.29. The number of hydrogen-bond acceptors (Lipinski definition) is 2. The molecule has 1 aromatic heterocycles. The molecule has 0 amide bonds. The summed E-state index contributed by atoms with van der Waals surface area (Å²) in [4.78, 5) is 8.87. The molecule has 0 fully saturated rings. The van der Waals surface area contributed by atoms with Gasteiger partial charge in [0.2, 0.25) is 0 Å². The SMILES string of the molecule is Cc1ccccc1-c1nc(Cl)cc(C(C)C)n1. The van der Waals surface area contributed by atoms with Crippen molar-refractivity contribution >= 4 is 11.6 Å². The van der Waals surface area contributed by atoms with Crippen LogP contribution in [0.15, 0.2) is 30.3 Å². The van der Waals surface area contributed by atoms with E-state index in [1.54, 1.807) is 0 Å². The maximum atomic E-state index is 6.05. The molecule has 0 aliphatic heterocycles. The smallest absolute Gasteiger partial charge is 0.161 e. The van der Waals surface area contributed by atoms with E-state index in [4.69, 9.17) is 11.6 Å². The first-order valence-electron chi connectivity index (χ1n) is 5.68. The van der Waals surface area contributed by atoms with E-state index in [0.717, 1.165) is 16.8 Å². The highest BCUT2D eigenvalue weighted by Gasteiger charge is 2.09. The molecule has 0 unspecified atom stereocenters. The van der Waals surface area contributed by atoms with Gasteiger partial charge >= 0.3 is 0 Å². The lowest BCUT2D eigenvalue weighted by molar-refractivity contribution is 0.816.